The van der Waals surface area contributed by atoms with Crippen LogP contribution in [0.5, 0.6) is 0 Å². The van der Waals surface area contributed by atoms with Crippen LogP contribution in [0, 0.1) is 5.21 Å². The monoisotopic (exact) mass is 1940 g/mol. The van der Waals surface area contributed by atoms with Gasteiger partial charge < -0.3 is 56.9 Å². The van der Waals surface area contributed by atoms with Crippen LogP contribution in [0.4, 0.5) is 17.3 Å². The van der Waals surface area contributed by atoms with Crippen LogP contribution < -0.4 is 54.4 Å². The molecule has 11 heterocycles. The number of anilines is 3. The lowest BCUT2D eigenvalue weighted by atomic mass is 9.89. The number of aromatic amines is 2. The first kappa shape index (κ1) is 91.0. The van der Waals surface area contributed by atoms with E-state index in [0.29, 0.717) is 47.9 Å². The summed E-state index contributed by atoms with van der Waals surface area (Å²) in [6.07, 6.45) is 34.2. The third-order valence-corrected chi connectivity index (χ3v) is 18.3. The predicted octanol–water partition coefficient (Wildman–Crippen LogP) is 7.43. The summed E-state index contributed by atoms with van der Waals surface area (Å²) in [5.41, 5.74) is 7.94. The smallest absolute Gasteiger partial charge is 0.426 e. The van der Waals surface area contributed by atoms with E-state index in [0.717, 1.165) is 94.4 Å². The molecule has 0 unspecified atom stereocenters. The average Bonchev–Trinajstić information content (AvgIpc) is 1.60. The number of carbonyl (C=O) groups excluding carboxylic acids is 7. The maximum absolute atomic E-state index is 12.9. The SMILES string of the molecule is CCOC(=O)c1ncc(Br)c(=O)[nH]1.CCOC(=O)c1ncc(Br)c[n+]1[O-].CCOC(=O)c1ncc(Br)cn1.NC(=O)c1ncc(Br)c(=O)[nH]1.Nc1ccncn1.O=C(O)c1ncc(Br)cn1.O=C1CCCCC1.O=C1NC2(CCCCC2)n2c1ncc(Br)c2=O.O=C1NC2(CCCCC2)n2c1ncc(Nc1ccncn1)c2=O. The lowest BCUT2D eigenvalue weighted by molar-refractivity contribution is -0.612. The van der Waals surface area contributed by atoms with Gasteiger partial charge in [0.15, 0.2) is 12.0 Å². The van der Waals surface area contributed by atoms with Crippen LogP contribution in [0.1, 0.15) is 191 Å². The van der Waals surface area contributed by atoms with Crippen LogP contribution in [0.2, 0.25) is 0 Å². The summed E-state index contributed by atoms with van der Waals surface area (Å²) in [6.45, 7) is 5.87. The minimum atomic E-state index is -1.12. The van der Waals surface area contributed by atoms with Crippen LogP contribution in [-0.2, 0) is 30.3 Å². The number of carboxylic acids is 1. The first-order valence-electron chi connectivity index (χ1n) is 33.8. The van der Waals surface area contributed by atoms with E-state index in [1.807, 2.05) is 0 Å². The number of rotatable bonds is 10. The highest BCUT2D eigenvalue weighted by atomic mass is 79.9. The van der Waals surface area contributed by atoms with Crippen molar-refractivity contribution in [2.45, 2.75) is 128 Å². The van der Waals surface area contributed by atoms with Gasteiger partial charge in [-0.2, -0.15) is 0 Å². The van der Waals surface area contributed by atoms with E-state index < -0.39 is 52.2 Å². The molecule has 40 nitrogen and oxygen atoms in total. The summed E-state index contributed by atoms with van der Waals surface area (Å²) in [6, 6.07) is 3.30. The maximum Gasteiger partial charge on any atom is 0.426 e. The lowest BCUT2D eigenvalue weighted by Crippen LogP contribution is -2.48. The van der Waals surface area contributed by atoms with Gasteiger partial charge in [0.05, 0.1) is 35.0 Å². The molecule has 0 atom stereocenters. The number of nitrogens with zero attached hydrogens (tertiary/aromatic N) is 16. The second kappa shape index (κ2) is 45.6. The minimum Gasteiger partial charge on any atom is -0.710 e. The highest BCUT2D eigenvalue weighted by molar-refractivity contribution is 9.11. The Bertz CT molecular complexity index is 5020. The molecular formula is C67H71Br6N23O17. The van der Waals surface area contributed by atoms with Crippen molar-refractivity contribution >= 4 is 160 Å². The number of carbonyl (C=O) groups is 8. The number of halogens is 6. The summed E-state index contributed by atoms with van der Waals surface area (Å²) in [5, 5.41) is 28.3. The number of nitrogens with one attached hydrogen (secondary N) is 5. The Morgan fingerprint density at radius 3 is 1.42 bits per heavy atom. The van der Waals surface area contributed by atoms with Crippen LogP contribution in [0.3, 0.4) is 0 Å². The molecule has 0 aromatic carbocycles. The zero-order valence-electron chi connectivity index (χ0n) is 60.0. The second-order valence-corrected chi connectivity index (χ2v) is 28.6. The Morgan fingerprint density at radius 2 is 0.982 bits per heavy atom. The third kappa shape index (κ3) is 27.8. The van der Waals surface area contributed by atoms with Gasteiger partial charge in [0.1, 0.15) is 71.2 Å². The molecule has 3 amide bonds. The van der Waals surface area contributed by atoms with Gasteiger partial charge in [-0.05, 0) is 198 Å². The fourth-order valence-electron chi connectivity index (χ4n) is 10.4. The Hall–Kier alpha value is -10.8. The molecule has 2 spiro atoms. The summed E-state index contributed by atoms with van der Waals surface area (Å²) >= 11 is 18.3. The van der Waals surface area contributed by atoms with Crippen molar-refractivity contribution < 1.29 is 62.4 Å². The Balaban J connectivity index is 0.000000203. The van der Waals surface area contributed by atoms with E-state index in [-0.39, 0.29) is 85.9 Å². The number of fused-ring (bicyclic) bond motifs is 4. The molecule has 5 aliphatic rings. The molecule has 14 rings (SSSR count). The minimum absolute atomic E-state index is 0.0834. The molecule has 9 aromatic rings. The Labute approximate surface area is 690 Å². The molecule has 113 heavy (non-hydrogen) atoms. The summed E-state index contributed by atoms with van der Waals surface area (Å²) in [7, 11) is 0. The van der Waals surface area contributed by atoms with Gasteiger partial charge in [0.2, 0.25) is 29.1 Å². The standard InChI is InChI=1S/C15H16N6O2.C11H12BrN3O2.2C7H7BrN2O3.C7H7BrN2O2.C6H10O.C5H4BrN3O2.C5H3BrN2O2.C4H5N3/c22-13-12-17-8-10(19-11-4-7-16-9-18-11)14(23)21(12)15(20-13)5-2-1-3-6-15;12-7-6-13-8-9(16)14-11(15(8)10(7)17)4-2-1-3-5-11;1-2-13-7(11)6-9-3-5(8)4-10(6)12;1-2-13-7(12)5-9-3-4(8)6(11)10-5;1-2-12-7(11)6-9-3-5(8)4-10-6;7-6-4-2-1-3-5-6;6-2-1-8-4(3(7)10)9-5(2)11;6-3-1-7-4(5(9)10)8-2-3;5-4-1-2-6-3-7-4/h4,7-9H,1-3,5-6H2,(H,20,22)(H,16,18,19);6H,1-5H2,(H,14,16);3-4H,2H2,1H3;3H,2H2,1H3,(H,9,10,11);3-4H,2H2,1H3;1-5H2;1H,(H2,7,10)(H,8,9,11);1-2H,(H,9,10);1-3H,(H2,5,6,7). The Morgan fingerprint density at radius 1 is 0.531 bits per heavy atom. The van der Waals surface area contributed by atoms with Gasteiger partial charge in [-0.25, -0.2) is 83.7 Å². The van der Waals surface area contributed by atoms with E-state index in [9.17, 15) is 62.7 Å². The summed E-state index contributed by atoms with van der Waals surface area (Å²) in [5.74, 6) is -2.93. The van der Waals surface area contributed by atoms with E-state index in [4.69, 9.17) is 16.6 Å². The molecule has 0 saturated heterocycles. The molecule has 9 aromatic heterocycles. The number of ketones is 1. The average molecular weight is 1950 g/mol. The molecule has 3 saturated carbocycles. The topological polar surface area (TPSA) is 577 Å². The van der Waals surface area contributed by atoms with Gasteiger partial charge in [0.25, 0.3) is 40.0 Å². The van der Waals surface area contributed by atoms with Crippen molar-refractivity contribution in [1.29, 1.82) is 0 Å². The number of H-pyrrole nitrogens is 2. The number of primary amides is 1. The highest BCUT2D eigenvalue weighted by Crippen LogP contribution is 2.37. The normalized spacial score (nSPS) is 13.9. The fraction of sp³-hybridized carbons (Fsp3) is 0.343. The van der Waals surface area contributed by atoms with Crippen molar-refractivity contribution in [3.05, 3.63) is 213 Å². The second-order valence-electron chi connectivity index (χ2n) is 23.3. The number of aromatic nitrogens is 18. The van der Waals surface area contributed by atoms with Crippen LogP contribution in [0.15, 0.2) is 145 Å². The van der Waals surface area contributed by atoms with Crippen LogP contribution in [-0.4, -0.2) is 156 Å². The summed E-state index contributed by atoms with van der Waals surface area (Å²) < 4.78 is 20.2. The van der Waals surface area contributed by atoms with E-state index in [2.05, 4.69) is 201 Å². The third-order valence-electron chi connectivity index (χ3n) is 15.4. The molecule has 0 bridgehead atoms. The molecule has 0 radical (unpaired) electrons. The molecule has 10 N–H and O–H groups in total. The number of ether oxygens (including phenoxy) is 3. The molecule has 2 aliphatic heterocycles. The van der Waals surface area contributed by atoms with Crippen LogP contribution >= 0.6 is 95.6 Å². The van der Waals surface area contributed by atoms with Crippen molar-refractivity contribution in [3.8, 4) is 0 Å². The number of amides is 3. The fourth-order valence-corrected chi connectivity index (χ4v) is 11.8. The lowest BCUT2D eigenvalue weighted by Gasteiger charge is -2.34. The molecule has 3 aliphatic carbocycles. The maximum atomic E-state index is 12.9. The van der Waals surface area contributed by atoms with Crippen molar-refractivity contribution in [2.75, 3.05) is 30.9 Å². The summed E-state index contributed by atoms with van der Waals surface area (Å²) in [4.78, 5) is 188. The highest BCUT2D eigenvalue weighted by Gasteiger charge is 2.46. The number of carboxylic acid groups (broad SMARTS) is 1. The Kier molecular flexibility index (Phi) is 36.7. The van der Waals surface area contributed by atoms with Crippen LogP contribution in [0.25, 0.3) is 0 Å². The first-order valence-corrected chi connectivity index (χ1v) is 38.6. The first-order chi connectivity index (χ1) is 54.0. The van der Waals surface area contributed by atoms with Gasteiger partial charge >= 0.3 is 29.7 Å². The number of Topliss-reactive ketones (excluding diaryl/α,β-unsaturated/α-hetero) is 1. The zero-order chi connectivity index (χ0) is 82.8. The molecular weight excluding hydrogens is 1880 g/mol. The largest absolute Gasteiger partial charge is 0.710 e. The molecule has 3 fully saturated rings. The van der Waals surface area contributed by atoms with Gasteiger partial charge in [0, 0.05) is 68.6 Å². The molecule has 46 heteroatoms. The quantitative estimate of drug-likeness (QED) is 0.0285. The van der Waals surface area contributed by atoms with E-state index >= 15 is 0 Å². The zero-order valence-corrected chi connectivity index (χ0v) is 69.5. The predicted molar refractivity (Wildman–Crippen MR) is 420 cm³/mol. The van der Waals surface area contributed by atoms with Gasteiger partial charge in [-0.1, -0.05) is 19.3 Å². The number of aromatic carboxylic acids is 1. The van der Waals surface area contributed by atoms with E-state index in [1.165, 1.54) is 85.6 Å². The van der Waals surface area contributed by atoms with Gasteiger partial charge in [-0.15, -0.1) is 0 Å². The van der Waals surface area contributed by atoms with Gasteiger partial charge in [-0.3, -0.25) is 52.5 Å². The molecule has 598 valence electrons. The number of nitrogen functional groups attached to an aromatic ring is 1. The number of nitrogens with two attached hydrogens (primary N) is 2. The van der Waals surface area contributed by atoms with E-state index in [1.54, 1.807) is 49.9 Å². The van der Waals surface area contributed by atoms with Crippen molar-refractivity contribution in [2.24, 2.45) is 5.73 Å². The van der Waals surface area contributed by atoms with Crippen molar-refractivity contribution in [1.82, 2.24) is 94.5 Å². The number of hydrogen-bond donors (Lipinski definition) is 8. The number of hydrogen-bond acceptors (Lipinski definition) is 31. The number of esters is 3. The van der Waals surface area contributed by atoms with Crippen molar-refractivity contribution in [3.63, 3.8) is 0 Å².